The molecule has 0 unspecified atom stereocenters. The molecule has 0 radical (unpaired) electrons. The molecule has 19 heavy (non-hydrogen) atoms. The molecule has 2 heterocycles. The van der Waals surface area contributed by atoms with Gasteiger partial charge in [-0.15, -0.1) is 0 Å². The van der Waals surface area contributed by atoms with E-state index in [2.05, 4.69) is 11.1 Å². The smallest absolute Gasteiger partial charge is 0.161 e. The zero-order chi connectivity index (χ0) is 13.2. The topological polar surface area (TPSA) is 81.2 Å². The third-order valence-electron chi connectivity index (χ3n) is 2.95. The molecule has 5 nitrogen and oxygen atoms in total. The van der Waals surface area contributed by atoms with Crippen LogP contribution in [-0.2, 0) is 0 Å². The summed E-state index contributed by atoms with van der Waals surface area (Å²) in [6, 6.07) is 9.41. The van der Waals surface area contributed by atoms with Crippen molar-refractivity contribution in [3.63, 3.8) is 0 Å². The third-order valence-corrected chi connectivity index (χ3v) is 2.95. The van der Waals surface area contributed by atoms with Crippen LogP contribution < -0.4 is 15.2 Å². The summed E-state index contributed by atoms with van der Waals surface area (Å²) in [4.78, 5) is 3.92. The third kappa shape index (κ3) is 1.93. The lowest BCUT2D eigenvalue weighted by atomic mass is 10.0. The Kier molecular flexibility index (Phi) is 2.69. The Balaban J connectivity index is 2.13. The van der Waals surface area contributed by atoms with Crippen molar-refractivity contribution in [3.8, 4) is 28.7 Å². The van der Waals surface area contributed by atoms with Crippen LogP contribution in [0.4, 0.5) is 5.82 Å². The zero-order valence-electron chi connectivity index (χ0n) is 10.1. The average molecular weight is 253 g/mol. The van der Waals surface area contributed by atoms with E-state index >= 15 is 0 Å². The van der Waals surface area contributed by atoms with Gasteiger partial charge in [-0.3, -0.25) is 0 Å². The molecule has 5 heteroatoms. The first kappa shape index (κ1) is 11.4. The summed E-state index contributed by atoms with van der Waals surface area (Å²) in [6.45, 7) is 1.08. The van der Waals surface area contributed by atoms with E-state index < -0.39 is 0 Å². The fourth-order valence-corrected chi connectivity index (χ4v) is 2.05. The Hall–Kier alpha value is -2.74. The molecule has 0 saturated heterocycles. The second-order valence-electron chi connectivity index (χ2n) is 4.09. The normalized spacial score (nSPS) is 12.8. The Morgan fingerprint density at radius 2 is 1.95 bits per heavy atom. The molecule has 2 aromatic rings. The Labute approximate surface area is 110 Å². The second kappa shape index (κ2) is 4.50. The maximum atomic E-state index is 9.17. The van der Waals surface area contributed by atoms with E-state index in [-0.39, 0.29) is 5.82 Å². The van der Waals surface area contributed by atoms with Crippen LogP contribution in [0, 0.1) is 11.3 Å². The number of ether oxygens (including phenoxy) is 2. The van der Waals surface area contributed by atoms with Gasteiger partial charge in [-0.1, -0.05) is 6.07 Å². The van der Waals surface area contributed by atoms with E-state index in [1.807, 2.05) is 18.2 Å². The number of hydrogen-bond acceptors (Lipinski definition) is 5. The predicted octanol–water partition coefficient (Wildman–Crippen LogP) is 1.97. The highest BCUT2D eigenvalue weighted by atomic mass is 16.6. The number of nitrogens with zero attached hydrogens (tertiary/aromatic N) is 2. The highest BCUT2D eigenvalue weighted by Gasteiger charge is 2.15. The van der Waals surface area contributed by atoms with Gasteiger partial charge < -0.3 is 15.2 Å². The number of fused-ring (bicyclic) bond motifs is 1. The van der Waals surface area contributed by atoms with Crippen molar-refractivity contribution in [3.05, 3.63) is 36.0 Å². The quantitative estimate of drug-likeness (QED) is 0.840. The van der Waals surface area contributed by atoms with Crippen LogP contribution >= 0.6 is 0 Å². The van der Waals surface area contributed by atoms with Crippen LogP contribution in [-0.4, -0.2) is 18.2 Å². The standard InChI is InChI=1S/C14H11N3O2/c15-8-11-10(3-4-17-14(11)16)9-1-2-12-13(7-9)19-6-5-18-12/h1-4,7H,5-6H2,(H2,16,17). The number of rotatable bonds is 1. The number of hydrogen-bond donors (Lipinski definition) is 1. The highest BCUT2D eigenvalue weighted by Crippen LogP contribution is 2.35. The molecule has 0 spiro atoms. The van der Waals surface area contributed by atoms with Crippen molar-refractivity contribution < 1.29 is 9.47 Å². The summed E-state index contributed by atoms with van der Waals surface area (Å²) < 4.78 is 11.0. The van der Waals surface area contributed by atoms with Crippen molar-refractivity contribution in [2.45, 2.75) is 0 Å². The molecular formula is C14H11N3O2. The fourth-order valence-electron chi connectivity index (χ4n) is 2.05. The van der Waals surface area contributed by atoms with Crippen LogP contribution in [0.25, 0.3) is 11.1 Å². The predicted molar refractivity (Wildman–Crippen MR) is 69.8 cm³/mol. The minimum atomic E-state index is 0.231. The van der Waals surface area contributed by atoms with Gasteiger partial charge in [-0.2, -0.15) is 5.26 Å². The number of aromatic nitrogens is 1. The molecule has 0 saturated carbocycles. The summed E-state index contributed by atoms with van der Waals surface area (Å²) in [5.41, 5.74) is 7.69. The molecule has 0 amide bonds. The average Bonchev–Trinajstić information content (AvgIpc) is 2.46. The molecule has 1 aliphatic heterocycles. The van der Waals surface area contributed by atoms with Gasteiger partial charge in [0.05, 0.1) is 0 Å². The number of benzene rings is 1. The second-order valence-corrected chi connectivity index (χ2v) is 4.09. The van der Waals surface area contributed by atoms with Crippen LogP contribution in [0.3, 0.4) is 0 Å². The lowest BCUT2D eigenvalue weighted by molar-refractivity contribution is 0.171. The number of pyridine rings is 1. The van der Waals surface area contributed by atoms with E-state index in [0.717, 1.165) is 16.9 Å². The lowest BCUT2D eigenvalue weighted by Crippen LogP contribution is -2.15. The molecule has 0 atom stereocenters. The van der Waals surface area contributed by atoms with Crippen molar-refractivity contribution >= 4 is 5.82 Å². The Morgan fingerprint density at radius 3 is 2.74 bits per heavy atom. The van der Waals surface area contributed by atoms with Gasteiger partial charge >= 0.3 is 0 Å². The first-order chi connectivity index (χ1) is 9.29. The summed E-state index contributed by atoms with van der Waals surface area (Å²) in [6.07, 6.45) is 1.59. The van der Waals surface area contributed by atoms with E-state index in [4.69, 9.17) is 15.2 Å². The number of nitriles is 1. The van der Waals surface area contributed by atoms with Crippen molar-refractivity contribution in [1.29, 1.82) is 5.26 Å². The summed E-state index contributed by atoms with van der Waals surface area (Å²) in [5, 5.41) is 9.17. The fraction of sp³-hybridized carbons (Fsp3) is 0.143. The van der Waals surface area contributed by atoms with Crippen LogP contribution in [0.1, 0.15) is 5.56 Å². The minimum absolute atomic E-state index is 0.231. The summed E-state index contributed by atoms with van der Waals surface area (Å²) in [7, 11) is 0. The monoisotopic (exact) mass is 253 g/mol. The number of nitrogens with two attached hydrogens (primary N) is 1. The van der Waals surface area contributed by atoms with E-state index in [0.29, 0.717) is 24.5 Å². The van der Waals surface area contributed by atoms with E-state index in [1.165, 1.54) is 0 Å². The van der Waals surface area contributed by atoms with Crippen LogP contribution in [0.2, 0.25) is 0 Å². The maximum Gasteiger partial charge on any atom is 0.161 e. The van der Waals surface area contributed by atoms with Gasteiger partial charge in [-0.05, 0) is 23.8 Å². The van der Waals surface area contributed by atoms with Gasteiger partial charge in [0, 0.05) is 11.8 Å². The van der Waals surface area contributed by atoms with Gasteiger partial charge in [0.15, 0.2) is 11.5 Å². The minimum Gasteiger partial charge on any atom is -0.486 e. The Bertz CT molecular complexity index is 677. The molecule has 0 fully saturated rings. The molecule has 1 aliphatic rings. The lowest BCUT2D eigenvalue weighted by Gasteiger charge is -2.19. The summed E-state index contributed by atoms with van der Waals surface area (Å²) >= 11 is 0. The molecule has 2 N–H and O–H groups in total. The summed E-state index contributed by atoms with van der Waals surface area (Å²) in [5.74, 6) is 1.63. The molecule has 3 rings (SSSR count). The van der Waals surface area contributed by atoms with Gasteiger partial charge in [0.1, 0.15) is 30.7 Å². The number of nitrogen functional groups attached to an aromatic ring is 1. The molecule has 1 aromatic heterocycles. The molecule has 0 bridgehead atoms. The van der Waals surface area contributed by atoms with Crippen molar-refractivity contribution in [2.75, 3.05) is 18.9 Å². The van der Waals surface area contributed by atoms with E-state index in [9.17, 15) is 5.26 Å². The van der Waals surface area contributed by atoms with E-state index in [1.54, 1.807) is 12.3 Å². The van der Waals surface area contributed by atoms with Crippen molar-refractivity contribution in [2.24, 2.45) is 0 Å². The maximum absolute atomic E-state index is 9.17. The molecule has 1 aromatic carbocycles. The largest absolute Gasteiger partial charge is 0.486 e. The molecule has 0 aliphatic carbocycles. The molecular weight excluding hydrogens is 242 g/mol. The zero-order valence-corrected chi connectivity index (χ0v) is 10.1. The first-order valence-electron chi connectivity index (χ1n) is 5.84. The SMILES string of the molecule is N#Cc1c(-c2ccc3c(c2)OCCO3)ccnc1N. The van der Waals surface area contributed by atoms with Gasteiger partial charge in [0.25, 0.3) is 0 Å². The van der Waals surface area contributed by atoms with Gasteiger partial charge in [-0.25, -0.2) is 4.98 Å². The molecule has 94 valence electrons. The van der Waals surface area contributed by atoms with Crippen LogP contribution in [0.5, 0.6) is 11.5 Å². The van der Waals surface area contributed by atoms with Crippen molar-refractivity contribution in [1.82, 2.24) is 4.98 Å². The Morgan fingerprint density at radius 1 is 1.16 bits per heavy atom. The first-order valence-corrected chi connectivity index (χ1v) is 5.84. The van der Waals surface area contributed by atoms with Crippen LogP contribution in [0.15, 0.2) is 30.5 Å². The number of anilines is 1. The highest BCUT2D eigenvalue weighted by molar-refractivity contribution is 5.76. The van der Waals surface area contributed by atoms with Gasteiger partial charge in [0.2, 0.25) is 0 Å².